The van der Waals surface area contributed by atoms with E-state index in [0.29, 0.717) is 40.1 Å². The summed E-state index contributed by atoms with van der Waals surface area (Å²) in [5.41, 5.74) is 1.89. The summed E-state index contributed by atoms with van der Waals surface area (Å²) in [6.45, 7) is 1.62. The van der Waals surface area contributed by atoms with Crippen LogP contribution in [-0.2, 0) is 0 Å². The topological polar surface area (TPSA) is 130 Å². The first-order chi connectivity index (χ1) is 16.4. The number of hydrogen-bond donors (Lipinski definition) is 3. The molecule has 0 atom stereocenters. The molecular formula is C26H18N2O6. The molecule has 0 radical (unpaired) electrons. The van der Waals surface area contributed by atoms with Crippen LogP contribution in [0.15, 0.2) is 86.4 Å². The Hall–Kier alpha value is -4.85. The van der Waals surface area contributed by atoms with Gasteiger partial charge >= 0.3 is 5.97 Å². The molecule has 3 N–H and O–H groups in total. The lowest BCUT2D eigenvalue weighted by atomic mass is 10.1. The number of imidazole rings is 1. The Kier molecular flexibility index (Phi) is 5.10. The molecule has 5 aromatic rings. The highest BCUT2D eigenvalue weighted by molar-refractivity contribution is 5.88. The molecule has 0 aliphatic carbocycles. The number of carboxylic acids is 1. The number of benzene rings is 2. The van der Waals surface area contributed by atoms with Gasteiger partial charge in [0, 0.05) is 17.2 Å². The number of rotatable bonds is 5. The van der Waals surface area contributed by atoms with E-state index in [-0.39, 0.29) is 11.3 Å². The number of H-pyrrole nitrogens is 1. The smallest absolute Gasteiger partial charge is 0.335 e. The van der Waals surface area contributed by atoms with Gasteiger partial charge in [-0.05, 0) is 31.2 Å². The number of aryl methyl sites for hydroxylation is 1. The summed E-state index contributed by atoms with van der Waals surface area (Å²) < 4.78 is 11.7. The molecule has 0 unspecified atom stereocenters. The maximum absolute atomic E-state index is 12.2. The standard InChI is InChI=1S/C26H18N2O6/c1-14-13-18(29)23(30)24(33-14)22-21(16-5-3-2-4-6-16)27-25(28-22)20-12-11-19(34-20)15-7-9-17(10-8-15)26(31)32/h2-13,30H,1H3,(H,27,28)(H,31,32). The lowest BCUT2D eigenvalue weighted by molar-refractivity contribution is 0.0697. The zero-order chi connectivity index (χ0) is 23.8. The van der Waals surface area contributed by atoms with Gasteiger partial charge in [-0.25, -0.2) is 9.78 Å². The Bertz CT molecular complexity index is 1560. The number of nitrogens with zero attached hydrogens (tertiary/aromatic N) is 1. The highest BCUT2D eigenvalue weighted by Crippen LogP contribution is 2.37. The number of aromatic nitrogens is 2. The van der Waals surface area contributed by atoms with Gasteiger partial charge in [-0.2, -0.15) is 0 Å². The number of aromatic amines is 1. The molecule has 0 fully saturated rings. The van der Waals surface area contributed by atoms with Gasteiger partial charge in [0.25, 0.3) is 0 Å². The molecule has 0 aliphatic rings. The minimum absolute atomic E-state index is 0.0151. The van der Waals surface area contributed by atoms with Gasteiger partial charge in [-0.15, -0.1) is 0 Å². The van der Waals surface area contributed by atoms with Crippen molar-refractivity contribution in [3.63, 3.8) is 0 Å². The first kappa shape index (κ1) is 21.0. The van der Waals surface area contributed by atoms with Crippen molar-refractivity contribution in [3.05, 3.63) is 94.3 Å². The predicted octanol–water partition coefficient (Wildman–Crippen LogP) is 5.34. The molecule has 8 nitrogen and oxygen atoms in total. The van der Waals surface area contributed by atoms with Crippen molar-refractivity contribution in [3.8, 4) is 51.4 Å². The van der Waals surface area contributed by atoms with Crippen molar-refractivity contribution in [2.45, 2.75) is 6.92 Å². The van der Waals surface area contributed by atoms with E-state index in [4.69, 9.17) is 13.9 Å². The molecule has 0 amide bonds. The van der Waals surface area contributed by atoms with E-state index in [9.17, 15) is 14.7 Å². The van der Waals surface area contributed by atoms with Crippen molar-refractivity contribution >= 4 is 5.97 Å². The van der Waals surface area contributed by atoms with Crippen LogP contribution in [0, 0.1) is 6.92 Å². The average molecular weight is 454 g/mol. The number of aromatic carboxylic acids is 1. The quantitative estimate of drug-likeness (QED) is 0.327. The Morgan fingerprint density at radius 2 is 1.62 bits per heavy atom. The summed E-state index contributed by atoms with van der Waals surface area (Å²) in [6.07, 6.45) is 0. The van der Waals surface area contributed by atoms with Crippen molar-refractivity contribution in [1.29, 1.82) is 0 Å². The second kappa shape index (κ2) is 8.25. The van der Waals surface area contributed by atoms with E-state index < -0.39 is 17.1 Å². The molecule has 34 heavy (non-hydrogen) atoms. The minimum atomic E-state index is -1.01. The van der Waals surface area contributed by atoms with E-state index in [1.54, 1.807) is 31.2 Å². The normalized spacial score (nSPS) is 11.0. The first-order valence-electron chi connectivity index (χ1n) is 10.3. The summed E-state index contributed by atoms with van der Waals surface area (Å²) in [4.78, 5) is 31.1. The van der Waals surface area contributed by atoms with Crippen LogP contribution in [0.1, 0.15) is 16.1 Å². The number of carbonyl (C=O) groups is 1. The maximum atomic E-state index is 12.2. The Labute approximate surface area is 192 Å². The number of carboxylic acid groups (broad SMARTS) is 1. The highest BCUT2D eigenvalue weighted by Gasteiger charge is 2.23. The Morgan fingerprint density at radius 1 is 0.912 bits per heavy atom. The van der Waals surface area contributed by atoms with Crippen LogP contribution >= 0.6 is 0 Å². The second-order valence-electron chi connectivity index (χ2n) is 7.62. The molecule has 0 aliphatic heterocycles. The van der Waals surface area contributed by atoms with Crippen molar-refractivity contribution < 1.29 is 23.8 Å². The molecule has 3 aromatic heterocycles. The van der Waals surface area contributed by atoms with Crippen LogP contribution in [0.25, 0.3) is 45.6 Å². The summed E-state index contributed by atoms with van der Waals surface area (Å²) in [5.74, 6) is 0.111. The van der Waals surface area contributed by atoms with Crippen LogP contribution in [0.5, 0.6) is 5.75 Å². The molecule has 168 valence electrons. The highest BCUT2D eigenvalue weighted by atomic mass is 16.4. The molecule has 8 heteroatoms. The summed E-state index contributed by atoms with van der Waals surface area (Å²) >= 11 is 0. The predicted molar refractivity (Wildman–Crippen MR) is 124 cm³/mol. The van der Waals surface area contributed by atoms with Crippen molar-refractivity contribution in [2.75, 3.05) is 0 Å². The fourth-order valence-electron chi connectivity index (χ4n) is 3.63. The van der Waals surface area contributed by atoms with E-state index >= 15 is 0 Å². The van der Waals surface area contributed by atoms with E-state index in [2.05, 4.69) is 9.97 Å². The van der Waals surface area contributed by atoms with E-state index in [1.165, 1.54) is 18.2 Å². The largest absolute Gasteiger partial charge is 0.501 e. The molecule has 0 bridgehead atoms. The lowest BCUT2D eigenvalue weighted by Crippen LogP contribution is -2.01. The zero-order valence-corrected chi connectivity index (χ0v) is 17.9. The van der Waals surface area contributed by atoms with Crippen molar-refractivity contribution in [2.24, 2.45) is 0 Å². The first-order valence-corrected chi connectivity index (χ1v) is 10.3. The van der Waals surface area contributed by atoms with Crippen LogP contribution in [0.3, 0.4) is 0 Å². The molecule has 5 rings (SSSR count). The summed E-state index contributed by atoms with van der Waals surface area (Å²) in [7, 11) is 0. The van der Waals surface area contributed by atoms with Crippen LogP contribution in [0.2, 0.25) is 0 Å². The van der Waals surface area contributed by atoms with Gasteiger partial charge < -0.3 is 24.0 Å². The fourth-order valence-corrected chi connectivity index (χ4v) is 3.63. The molecule has 2 aromatic carbocycles. The van der Waals surface area contributed by atoms with Gasteiger partial charge in [-0.3, -0.25) is 4.79 Å². The third kappa shape index (κ3) is 3.77. The molecule has 0 saturated carbocycles. The molecule has 0 spiro atoms. The van der Waals surface area contributed by atoms with E-state index in [1.807, 2.05) is 30.3 Å². The zero-order valence-electron chi connectivity index (χ0n) is 17.9. The third-order valence-electron chi connectivity index (χ3n) is 5.28. The van der Waals surface area contributed by atoms with Gasteiger partial charge in [-0.1, -0.05) is 42.5 Å². The van der Waals surface area contributed by atoms with Gasteiger partial charge in [0.2, 0.25) is 11.2 Å². The van der Waals surface area contributed by atoms with Gasteiger partial charge in [0.1, 0.15) is 22.9 Å². The maximum Gasteiger partial charge on any atom is 0.335 e. The van der Waals surface area contributed by atoms with Crippen LogP contribution in [-0.4, -0.2) is 26.2 Å². The van der Waals surface area contributed by atoms with Gasteiger partial charge in [0.15, 0.2) is 17.3 Å². The summed E-state index contributed by atoms with van der Waals surface area (Å²) in [6, 6.07) is 20.3. The second-order valence-corrected chi connectivity index (χ2v) is 7.62. The SMILES string of the molecule is Cc1cc(=O)c(O)c(-c2[nH]c(-c3ccc(-c4ccc(C(=O)O)cc4)o3)nc2-c2ccccc2)o1. The number of furan rings is 1. The fraction of sp³-hybridized carbons (Fsp3) is 0.0385. The average Bonchev–Trinajstić information content (AvgIpc) is 3.50. The molecular weight excluding hydrogens is 436 g/mol. The van der Waals surface area contributed by atoms with Crippen molar-refractivity contribution in [1.82, 2.24) is 9.97 Å². The minimum Gasteiger partial charge on any atom is -0.501 e. The molecule has 3 heterocycles. The van der Waals surface area contributed by atoms with E-state index in [0.717, 1.165) is 5.56 Å². The monoisotopic (exact) mass is 454 g/mol. The van der Waals surface area contributed by atoms with Crippen LogP contribution in [0.4, 0.5) is 0 Å². The lowest BCUT2D eigenvalue weighted by Gasteiger charge is -2.05. The Balaban J connectivity index is 1.62. The Morgan fingerprint density at radius 3 is 2.32 bits per heavy atom. The number of hydrogen-bond acceptors (Lipinski definition) is 6. The number of nitrogens with one attached hydrogen (secondary N) is 1. The summed E-state index contributed by atoms with van der Waals surface area (Å²) in [5, 5.41) is 19.5. The third-order valence-corrected chi connectivity index (χ3v) is 5.28. The number of aromatic hydroxyl groups is 1. The van der Waals surface area contributed by atoms with Gasteiger partial charge in [0.05, 0.1) is 5.56 Å². The molecule has 0 saturated heterocycles. The van der Waals surface area contributed by atoms with Crippen LogP contribution < -0.4 is 5.43 Å².